The van der Waals surface area contributed by atoms with Crippen molar-refractivity contribution in [3.05, 3.63) is 18.2 Å². The Morgan fingerprint density at radius 1 is 1.58 bits per heavy atom. The number of nitrogens with zero attached hydrogens (tertiary/aromatic N) is 2. The summed E-state index contributed by atoms with van der Waals surface area (Å²) < 4.78 is 2.04. The molecule has 1 rings (SSSR count). The normalized spacial score (nSPS) is 12.0. The molecule has 0 saturated carbocycles. The summed E-state index contributed by atoms with van der Waals surface area (Å²) in [5.41, 5.74) is 5.79. The van der Waals surface area contributed by atoms with E-state index in [9.17, 15) is 0 Å². The molecule has 3 heteroatoms. The Labute approximate surface area is 73.6 Å². The van der Waals surface area contributed by atoms with E-state index >= 15 is 0 Å². The van der Waals surface area contributed by atoms with Gasteiger partial charge in [0, 0.05) is 25.9 Å². The van der Waals surface area contributed by atoms with Crippen molar-refractivity contribution in [2.45, 2.75) is 20.3 Å². The van der Waals surface area contributed by atoms with Crippen molar-refractivity contribution >= 4 is 0 Å². The minimum Gasteiger partial charge on any atom is -0.338 e. The molecule has 0 radical (unpaired) electrons. The highest BCUT2D eigenvalue weighted by atomic mass is 15.0. The fourth-order valence-corrected chi connectivity index (χ4v) is 1.07. The van der Waals surface area contributed by atoms with Gasteiger partial charge in [0.15, 0.2) is 0 Å². The fourth-order valence-electron chi connectivity index (χ4n) is 1.07. The van der Waals surface area contributed by atoms with Crippen molar-refractivity contribution in [1.29, 1.82) is 0 Å². The van der Waals surface area contributed by atoms with Gasteiger partial charge < -0.3 is 10.3 Å². The van der Waals surface area contributed by atoms with Crippen molar-refractivity contribution in [3.8, 4) is 0 Å². The number of rotatable bonds is 3. The topological polar surface area (TPSA) is 43.8 Å². The van der Waals surface area contributed by atoms with E-state index < -0.39 is 0 Å². The molecule has 0 unspecified atom stereocenters. The van der Waals surface area contributed by atoms with Crippen molar-refractivity contribution < 1.29 is 0 Å². The zero-order chi connectivity index (χ0) is 9.19. The first-order valence-electron chi connectivity index (χ1n) is 4.21. The molecule has 3 nitrogen and oxygen atoms in total. The number of aryl methyl sites for hydroxylation is 1. The molecule has 1 aromatic rings. The maximum atomic E-state index is 5.64. The van der Waals surface area contributed by atoms with Crippen LogP contribution in [-0.4, -0.2) is 16.1 Å². The molecule has 0 saturated heterocycles. The number of nitrogens with two attached hydrogens (primary N) is 1. The molecule has 1 aromatic heterocycles. The summed E-state index contributed by atoms with van der Waals surface area (Å²) >= 11 is 0. The van der Waals surface area contributed by atoms with Crippen LogP contribution in [0.25, 0.3) is 0 Å². The Hall–Kier alpha value is -0.830. The lowest BCUT2D eigenvalue weighted by molar-refractivity contribution is 0.364. The Bertz CT molecular complexity index is 250. The fraction of sp³-hybridized carbons (Fsp3) is 0.667. The van der Waals surface area contributed by atoms with Gasteiger partial charge in [-0.3, -0.25) is 0 Å². The molecule has 0 aromatic carbocycles. The van der Waals surface area contributed by atoms with Crippen LogP contribution in [0.4, 0.5) is 0 Å². The highest BCUT2D eigenvalue weighted by Crippen LogP contribution is 2.18. The van der Waals surface area contributed by atoms with Gasteiger partial charge in [0.25, 0.3) is 0 Å². The van der Waals surface area contributed by atoms with Crippen LogP contribution in [-0.2, 0) is 13.5 Å². The zero-order valence-corrected chi connectivity index (χ0v) is 8.04. The minimum absolute atomic E-state index is 0.152. The van der Waals surface area contributed by atoms with E-state index in [0.29, 0.717) is 6.54 Å². The molecular formula is C9H17N3. The summed E-state index contributed by atoms with van der Waals surface area (Å²) in [6.45, 7) is 5.00. The predicted octanol–water partition coefficient (Wildman–Crippen LogP) is 0.948. The number of imidazole rings is 1. The summed E-state index contributed by atoms with van der Waals surface area (Å²) in [6, 6.07) is 0. The van der Waals surface area contributed by atoms with Crippen LogP contribution >= 0.6 is 0 Å². The maximum Gasteiger partial charge on any atom is 0.108 e. The molecule has 1 heterocycles. The monoisotopic (exact) mass is 167 g/mol. The number of hydrogen-bond donors (Lipinski definition) is 1. The first-order valence-corrected chi connectivity index (χ1v) is 4.21. The summed E-state index contributed by atoms with van der Waals surface area (Å²) in [7, 11) is 2.01. The average Bonchev–Trinajstić information content (AvgIpc) is 2.36. The van der Waals surface area contributed by atoms with Gasteiger partial charge in [0.05, 0.1) is 0 Å². The van der Waals surface area contributed by atoms with Gasteiger partial charge >= 0.3 is 0 Å². The van der Waals surface area contributed by atoms with Crippen LogP contribution in [0.3, 0.4) is 0 Å². The van der Waals surface area contributed by atoms with Crippen LogP contribution in [0, 0.1) is 5.41 Å². The number of aromatic nitrogens is 2. The molecule has 0 aliphatic rings. The van der Waals surface area contributed by atoms with Crippen LogP contribution in [0.2, 0.25) is 0 Å². The molecule has 68 valence electrons. The van der Waals surface area contributed by atoms with E-state index in [2.05, 4.69) is 18.8 Å². The Morgan fingerprint density at radius 2 is 2.25 bits per heavy atom. The minimum atomic E-state index is 0.152. The third-order valence-corrected chi connectivity index (χ3v) is 2.11. The number of hydrogen-bond acceptors (Lipinski definition) is 2. The molecule has 0 atom stereocenters. The molecule has 0 aliphatic carbocycles. The van der Waals surface area contributed by atoms with Crippen LogP contribution in [0.5, 0.6) is 0 Å². The highest BCUT2D eigenvalue weighted by molar-refractivity contribution is 4.95. The van der Waals surface area contributed by atoms with Crippen molar-refractivity contribution in [1.82, 2.24) is 9.55 Å². The van der Waals surface area contributed by atoms with E-state index in [1.54, 1.807) is 0 Å². The standard InChI is InChI=1S/C9H17N3/c1-9(2,7-10)6-8-11-4-5-12(8)3/h4-5H,6-7,10H2,1-3H3. The zero-order valence-electron chi connectivity index (χ0n) is 8.04. The smallest absolute Gasteiger partial charge is 0.108 e. The van der Waals surface area contributed by atoms with E-state index in [0.717, 1.165) is 12.2 Å². The molecule has 0 amide bonds. The molecule has 0 spiro atoms. The molecule has 0 aliphatic heterocycles. The lowest BCUT2D eigenvalue weighted by atomic mass is 9.89. The third kappa shape index (κ3) is 2.08. The Morgan fingerprint density at radius 3 is 2.67 bits per heavy atom. The Kier molecular flexibility index (Phi) is 2.52. The second-order valence-electron chi connectivity index (χ2n) is 4.00. The van der Waals surface area contributed by atoms with E-state index in [1.165, 1.54) is 0 Å². The summed E-state index contributed by atoms with van der Waals surface area (Å²) in [5, 5.41) is 0. The van der Waals surface area contributed by atoms with Crippen molar-refractivity contribution in [3.63, 3.8) is 0 Å². The average molecular weight is 167 g/mol. The van der Waals surface area contributed by atoms with Crippen LogP contribution in [0.1, 0.15) is 19.7 Å². The van der Waals surface area contributed by atoms with E-state index in [4.69, 9.17) is 5.73 Å². The van der Waals surface area contributed by atoms with Crippen LogP contribution < -0.4 is 5.73 Å². The van der Waals surface area contributed by atoms with E-state index in [-0.39, 0.29) is 5.41 Å². The van der Waals surface area contributed by atoms with E-state index in [1.807, 2.05) is 24.0 Å². The summed E-state index contributed by atoms with van der Waals surface area (Å²) in [4.78, 5) is 4.26. The van der Waals surface area contributed by atoms with Gasteiger partial charge in [-0.2, -0.15) is 0 Å². The van der Waals surface area contributed by atoms with Gasteiger partial charge in [-0.05, 0) is 12.0 Å². The van der Waals surface area contributed by atoms with Gasteiger partial charge in [-0.15, -0.1) is 0 Å². The lowest BCUT2D eigenvalue weighted by Crippen LogP contribution is -2.27. The quantitative estimate of drug-likeness (QED) is 0.728. The summed E-state index contributed by atoms with van der Waals surface area (Å²) in [6.07, 6.45) is 4.72. The first-order chi connectivity index (χ1) is 5.55. The van der Waals surface area contributed by atoms with Gasteiger partial charge in [-0.1, -0.05) is 13.8 Å². The molecule has 0 bridgehead atoms. The van der Waals surface area contributed by atoms with Crippen molar-refractivity contribution in [2.75, 3.05) is 6.54 Å². The first kappa shape index (κ1) is 9.26. The molecule has 2 N–H and O–H groups in total. The maximum absolute atomic E-state index is 5.64. The molecular weight excluding hydrogens is 150 g/mol. The third-order valence-electron chi connectivity index (χ3n) is 2.11. The molecule has 12 heavy (non-hydrogen) atoms. The largest absolute Gasteiger partial charge is 0.338 e. The van der Waals surface area contributed by atoms with Crippen molar-refractivity contribution in [2.24, 2.45) is 18.2 Å². The second kappa shape index (κ2) is 3.27. The van der Waals surface area contributed by atoms with Crippen LogP contribution in [0.15, 0.2) is 12.4 Å². The van der Waals surface area contributed by atoms with Gasteiger partial charge in [-0.25, -0.2) is 4.98 Å². The summed E-state index contributed by atoms with van der Waals surface area (Å²) in [5.74, 6) is 1.10. The SMILES string of the molecule is Cn1ccnc1CC(C)(C)CN. The lowest BCUT2D eigenvalue weighted by Gasteiger charge is -2.21. The highest BCUT2D eigenvalue weighted by Gasteiger charge is 2.18. The second-order valence-corrected chi connectivity index (χ2v) is 4.00. The molecule has 0 fully saturated rings. The predicted molar refractivity (Wildman–Crippen MR) is 49.7 cm³/mol. The van der Waals surface area contributed by atoms with Gasteiger partial charge in [0.2, 0.25) is 0 Å². The Balaban J connectivity index is 2.70. The van der Waals surface area contributed by atoms with Gasteiger partial charge in [0.1, 0.15) is 5.82 Å².